The molecule has 0 spiro atoms. The number of carbonyl (C=O) groups is 2. The van der Waals surface area contributed by atoms with Gasteiger partial charge in [0.05, 0.1) is 12.2 Å². The molecule has 368 valence electrons. The Hall–Kier alpha value is -1.64. The van der Waals surface area contributed by atoms with Crippen molar-refractivity contribution in [2.45, 2.75) is 115 Å². The molecule has 8 rings (SSSR count). The van der Waals surface area contributed by atoms with E-state index in [4.69, 9.17) is 64.9 Å². The van der Waals surface area contributed by atoms with Crippen LogP contribution >= 0.6 is 62.0 Å². The van der Waals surface area contributed by atoms with E-state index in [2.05, 4.69) is 26.0 Å². The topological polar surface area (TPSA) is 193 Å². The van der Waals surface area contributed by atoms with Gasteiger partial charge in [-0.05, 0) is 170 Å². The van der Waals surface area contributed by atoms with E-state index in [1.807, 2.05) is 24.3 Å². The van der Waals surface area contributed by atoms with Gasteiger partial charge in [0.1, 0.15) is 11.5 Å². The average Bonchev–Trinajstić information content (AvgIpc) is 3.76. The summed E-state index contributed by atoms with van der Waals surface area (Å²) in [5.74, 6) is 4.87. The highest BCUT2D eigenvalue weighted by atomic mass is 35.5. The molecule has 14 nitrogen and oxygen atoms in total. The lowest BCUT2D eigenvalue weighted by molar-refractivity contribution is -0.0219. The van der Waals surface area contributed by atoms with Gasteiger partial charge in [0, 0.05) is 49.7 Å². The van der Waals surface area contributed by atoms with E-state index in [1.54, 1.807) is 0 Å². The Morgan fingerprint density at radius 3 is 1.29 bits per heavy atom. The minimum atomic E-state index is -4.50. The van der Waals surface area contributed by atoms with Crippen molar-refractivity contribution < 1.29 is 56.8 Å². The highest BCUT2D eigenvalue weighted by Gasteiger charge is 2.58. The van der Waals surface area contributed by atoms with E-state index in [1.165, 1.54) is 32.1 Å². The summed E-state index contributed by atoms with van der Waals surface area (Å²) >= 11 is 23.2. The molecule has 0 saturated heterocycles. The molecule has 4 fully saturated rings. The van der Waals surface area contributed by atoms with Crippen molar-refractivity contribution in [2.75, 3.05) is 49.7 Å². The van der Waals surface area contributed by atoms with Gasteiger partial charge >= 0.3 is 27.8 Å². The Morgan fingerprint density at radius 1 is 0.591 bits per heavy atom. The Bertz CT molecular complexity index is 1990. The molecule has 4 saturated carbocycles. The number of aryl methyl sites for hydroxylation is 2. The number of benzene rings is 2. The molecule has 4 N–H and O–H groups in total. The molecule has 0 aromatic heterocycles. The van der Waals surface area contributed by atoms with Crippen LogP contribution in [-0.4, -0.2) is 103 Å². The molecule has 2 aromatic carbocycles. The molecular weight excluding hydrogens is 976 g/mol. The normalized spacial score (nSPS) is 30.8. The van der Waals surface area contributed by atoms with E-state index in [0.29, 0.717) is 110 Å². The summed E-state index contributed by atoms with van der Waals surface area (Å²) in [7, 11) is -9.01. The quantitative estimate of drug-likeness (QED) is 0.104. The molecule has 0 heterocycles. The van der Waals surface area contributed by atoms with Crippen molar-refractivity contribution >= 4 is 74.2 Å². The van der Waals surface area contributed by atoms with Gasteiger partial charge < -0.3 is 38.8 Å². The molecular formula is C46H64Cl4N2O12P2. The Morgan fingerprint density at radius 2 is 0.955 bits per heavy atom. The van der Waals surface area contributed by atoms with Gasteiger partial charge in [-0.25, -0.2) is 18.7 Å². The number of hydrogen-bond donors (Lipinski definition) is 4. The van der Waals surface area contributed by atoms with Gasteiger partial charge in [-0.3, -0.25) is 9.05 Å². The van der Waals surface area contributed by atoms with Crippen LogP contribution in [0.1, 0.15) is 112 Å². The third-order valence-electron chi connectivity index (χ3n) is 16.1. The number of carbonyl (C=O) groups excluding carboxylic acids is 2. The highest BCUT2D eigenvalue weighted by molar-refractivity contribution is 7.46. The lowest BCUT2D eigenvalue weighted by atomic mass is 9.55. The van der Waals surface area contributed by atoms with Gasteiger partial charge in [0.2, 0.25) is 0 Å². The number of ether oxygens (including phenoxy) is 2. The maximum atomic E-state index is 12.5. The van der Waals surface area contributed by atoms with Gasteiger partial charge in [-0.2, -0.15) is 0 Å². The number of phosphoric ester groups is 2. The summed E-state index contributed by atoms with van der Waals surface area (Å²) in [6.07, 6.45) is 9.09. The van der Waals surface area contributed by atoms with Crippen molar-refractivity contribution in [3.05, 3.63) is 58.7 Å². The van der Waals surface area contributed by atoms with Crippen LogP contribution in [0.2, 0.25) is 0 Å². The maximum Gasteiger partial charge on any atom is 0.469 e. The largest absolute Gasteiger partial charge is 0.469 e. The van der Waals surface area contributed by atoms with Crippen LogP contribution in [-0.2, 0) is 31.0 Å². The number of amides is 2. The second-order valence-corrected chi connectivity index (χ2v) is 23.3. The summed E-state index contributed by atoms with van der Waals surface area (Å²) < 4.78 is 44.7. The zero-order valence-electron chi connectivity index (χ0n) is 37.6. The number of hydrogen-bond acceptors (Lipinski definition) is 8. The smallest absolute Gasteiger partial charge is 0.410 e. The number of halogens is 4. The van der Waals surface area contributed by atoms with Crippen molar-refractivity contribution in [1.82, 2.24) is 9.80 Å². The predicted octanol–water partition coefficient (Wildman–Crippen LogP) is 10.6. The predicted molar refractivity (Wildman–Crippen MR) is 254 cm³/mol. The standard InChI is InChI=1S/2C23H32Cl2NO6P/c2*1-23-9-8-18-17-5-3-16(31-22(27)26(12-10-24)13-11-25)14-15(17)2-4-19(18)20(23)6-7-21(23)32-33(28,29)30/h2*3,5,14,18-21H,2,4,6-13H2,1H3,(H2,28,29,30)/t2*18-,19-,20+,21+,23+/m11/s1. The number of alkyl halides is 4. The van der Waals surface area contributed by atoms with E-state index in [-0.39, 0.29) is 10.8 Å². The third-order valence-corrected chi connectivity index (χ3v) is 17.8. The second kappa shape index (κ2) is 21.8. The van der Waals surface area contributed by atoms with Gasteiger partial charge in [-0.15, -0.1) is 46.4 Å². The van der Waals surface area contributed by atoms with Crippen LogP contribution in [0.5, 0.6) is 11.5 Å². The fourth-order valence-corrected chi connectivity index (χ4v) is 15.3. The van der Waals surface area contributed by atoms with E-state index in [0.717, 1.165) is 64.2 Å². The lowest BCUT2D eigenvalue weighted by Gasteiger charge is -2.50. The first-order valence-corrected chi connectivity index (χ1v) is 28.4. The van der Waals surface area contributed by atoms with E-state index >= 15 is 0 Å². The summed E-state index contributed by atoms with van der Waals surface area (Å²) in [5.41, 5.74) is 4.64. The molecule has 2 amide bonds. The van der Waals surface area contributed by atoms with Crippen LogP contribution < -0.4 is 9.47 Å². The molecule has 0 unspecified atom stereocenters. The summed E-state index contributed by atoms with van der Waals surface area (Å²) in [4.78, 5) is 65.5. The monoisotopic (exact) mass is 1040 g/mol. The first-order valence-electron chi connectivity index (χ1n) is 23.2. The number of fused-ring (bicyclic) bond motifs is 10. The lowest BCUT2D eigenvalue weighted by Crippen LogP contribution is -2.44. The fourth-order valence-electron chi connectivity index (χ4n) is 13.2. The van der Waals surface area contributed by atoms with Crippen LogP contribution in [0.3, 0.4) is 0 Å². The molecule has 6 aliphatic rings. The van der Waals surface area contributed by atoms with Crippen molar-refractivity contribution in [3.63, 3.8) is 0 Å². The minimum Gasteiger partial charge on any atom is -0.410 e. The average molecular weight is 1040 g/mol. The van der Waals surface area contributed by atoms with Gasteiger partial charge in [-0.1, -0.05) is 26.0 Å². The zero-order chi connectivity index (χ0) is 47.6. The molecule has 66 heavy (non-hydrogen) atoms. The molecule has 0 aliphatic heterocycles. The molecule has 0 bridgehead atoms. The van der Waals surface area contributed by atoms with Crippen LogP contribution in [0.25, 0.3) is 0 Å². The summed E-state index contributed by atoms with van der Waals surface area (Å²) in [6, 6.07) is 11.9. The first kappa shape index (κ1) is 52.2. The van der Waals surface area contributed by atoms with Gasteiger partial charge in [0.15, 0.2) is 0 Å². The highest BCUT2D eigenvalue weighted by Crippen LogP contribution is 2.65. The third kappa shape index (κ3) is 11.6. The van der Waals surface area contributed by atoms with E-state index < -0.39 is 40.0 Å². The maximum absolute atomic E-state index is 12.5. The molecule has 0 radical (unpaired) electrons. The molecule has 10 atom stereocenters. The number of nitrogens with zero attached hydrogens (tertiary/aromatic N) is 2. The first-order chi connectivity index (χ1) is 31.3. The Kier molecular flexibility index (Phi) is 17.2. The fraction of sp³-hybridized carbons (Fsp3) is 0.696. The number of rotatable bonds is 14. The minimum absolute atomic E-state index is 0.205. The SMILES string of the molecule is C[C@]12CC[C@@H]3c4ccc(OC(=O)N(CCCl)CCCl)cc4CC[C@H]3[C@@H]1CC[C@@H]2OP(=O)(O)O.C[C@]12CC[C@@H]3c4ccc(OC(=O)N(CCCl)CCCl)cc4CC[C@H]3[C@@H]1CC[C@@H]2OP(=O)(O)O. The molecule has 2 aromatic rings. The van der Waals surface area contributed by atoms with Crippen LogP contribution in [0.15, 0.2) is 36.4 Å². The molecule has 20 heteroatoms. The second-order valence-electron chi connectivity index (χ2n) is 19.4. The molecule has 6 aliphatic carbocycles. The van der Waals surface area contributed by atoms with Crippen LogP contribution in [0, 0.1) is 34.5 Å². The van der Waals surface area contributed by atoms with Crippen molar-refractivity contribution in [3.8, 4) is 11.5 Å². The van der Waals surface area contributed by atoms with Crippen molar-refractivity contribution in [2.24, 2.45) is 34.5 Å². The zero-order valence-corrected chi connectivity index (χ0v) is 42.4. The van der Waals surface area contributed by atoms with Gasteiger partial charge in [0.25, 0.3) is 0 Å². The van der Waals surface area contributed by atoms with Crippen LogP contribution in [0.4, 0.5) is 9.59 Å². The number of phosphoric acid groups is 2. The Labute approximate surface area is 408 Å². The summed E-state index contributed by atoms with van der Waals surface area (Å²) in [5, 5.41) is 0. The Balaban J connectivity index is 0.000000196. The van der Waals surface area contributed by atoms with Crippen molar-refractivity contribution in [1.29, 1.82) is 0 Å². The summed E-state index contributed by atoms with van der Waals surface area (Å²) in [6.45, 7) is 5.83. The van der Waals surface area contributed by atoms with E-state index in [9.17, 15) is 38.3 Å².